The molecule has 6 nitrogen and oxygen atoms in total. The minimum atomic E-state index is -0.901. The van der Waals surface area contributed by atoms with Gasteiger partial charge in [0.2, 0.25) is 5.91 Å². The number of nitrogens with one attached hydrogen (secondary N) is 1. The number of nitrogens with zero attached hydrogens (tertiary/aromatic N) is 2. The Balaban J connectivity index is 1.85. The van der Waals surface area contributed by atoms with Crippen LogP contribution < -0.4 is 5.32 Å². The summed E-state index contributed by atoms with van der Waals surface area (Å²) in [6.45, 7) is 3.57. The Morgan fingerprint density at radius 3 is 2.36 bits per heavy atom. The number of benzene rings is 1. The van der Waals surface area contributed by atoms with Gasteiger partial charge in [-0.15, -0.1) is 0 Å². The monoisotopic (exact) mass is 303 g/mol. The molecule has 1 fully saturated rings. The molecule has 0 aromatic heterocycles. The standard InChI is InChI=1S/C16H21N3O3/c1-16(2)14(21)19(15(22)18(16)3)11-13(20)17-10-9-12-7-5-4-6-8-12/h4-8H,9-11H2,1-3H3,(H,17,20). The van der Waals surface area contributed by atoms with Crippen LogP contribution in [-0.4, -0.2) is 53.3 Å². The van der Waals surface area contributed by atoms with E-state index in [1.54, 1.807) is 20.9 Å². The first-order valence-corrected chi connectivity index (χ1v) is 7.24. The quantitative estimate of drug-likeness (QED) is 0.826. The van der Waals surface area contributed by atoms with Gasteiger partial charge in [-0.05, 0) is 25.8 Å². The van der Waals surface area contributed by atoms with Crippen LogP contribution in [0.4, 0.5) is 4.79 Å². The first-order chi connectivity index (χ1) is 10.3. The van der Waals surface area contributed by atoms with Crippen LogP contribution in [0.1, 0.15) is 19.4 Å². The molecule has 1 N–H and O–H groups in total. The van der Waals surface area contributed by atoms with Gasteiger partial charge in [0.15, 0.2) is 0 Å². The second-order valence-corrected chi connectivity index (χ2v) is 5.88. The smallest absolute Gasteiger partial charge is 0.327 e. The normalized spacial score (nSPS) is 17.0. The predicted octanol–water partition coefficient (Wildman–Crippen LogP) is 1.02. The Kier molecular flexibility index (Phi) is 4.49. The summed E-state index contributed by atoms with van der Waals surface area (Å²) in [4.78, 5) is 38.4. The average molecular weight is 303 g/mol. The molecule has 0 unspecified atom stereocenters. The molecule has 118 valence electrons. The molecule has 0 saturated carbocycles. The van der Waals surface area contributed by atoms with Gasteiger partial charge < -0.3 is 10.2 Å². The zero-order valence-electron chi connectivity index (χ0n) is 13.1. The third-order valence-electron chi connectivity index (χ3n) is 4.01. The second-order valence-electron chi connectivity index (χ2n) is 5.88. The van der Waals surface area contributed by atoms with Gasteiger partial charge in [0.25, 0.3) is 5.91 Å². The minimum Gasteiger partial charge on any atom is -0.354 e. The van der Waals surface area contributed by atoms with Gasteiger partial charge in [-0.25, -0.2) is 4.79 Å². The first-order valence-electron chi connectivity index (χ1n) is 7.24. The molecule has 0 radical (unpaired) electrons. The van der Waals surface area contributed by atoms with Crippen molar-refractivity contribution in [2.75, 3.05) is 20.1 Å². The van der Waals surface area contributed by atoms with E-state index in [0.717, 1.165) is 10.5 Å². The lowest BCUT2D eigenvalue weighted by molar-refractivity contribution is -0.135. The summed E-state index contributed by atoms with van der Waals surface area (Å²) in [5, 5.41) is 2.74. The fourth-order valence-corrected chi connectivity index (χ4v) is 2.31. The maximum atomic E-state index is 12.2. The highest BCUT2D eigenvalue weighted by atomic mass is 16.2. The van der Waals surface area contributed by atoms with Gasteiger partial charge in [0.1, 0.15) is 12.1 Å². The third kappa shape index (κ3) is 3.10. The molecular weight excluding hydrogens is 282 g/mol. The fourth-order valence-electron chi connectivity index (χ4n) is 2.31. The van der Waals surface area contributed by atoms with Crippen molar-refractivity contribution in [3.05, 3.63) is 35.9 Å². The Morgan fingerprint density at radius 1 is 1.18 bits per heavy atom. The number of hydrogen-bond donors (Lipinski definition) is 1. The maximum Gasteiger partial charge on any atom is 0.327 e. The van der Waals surface area contributed by atoms with Crippen LogP contribution in [0.5, 0.6) is 0 Å². The number of carbonyl (C=O) groups is 3. The Hall–Kier alpha value is -2.37. The van der Waals surface area contributed by atoms with Crippen molar-refractivity contribution in [2.24, 2.45) is 0 Å². The maximum absolute atomic E-state index is 12.2. The third-order valence-corrected chi connectivity index (χ3v) is 4.01. The molecule has 6 heteroatoms. The minimum absolute atomic E-state index is 0.236. The highest BCUT2D eigenvalue weighted by Crippen LogP contribution is 2.25. The summed E-state index contributed by atoms with van der Waals surface area (Å²) in [6.07, 6.45) is 0.708. The SMILES string of the molecule is CN1C(=O)N(CC(=O)NCCc2ccccc2)C(=O)C1(C)C. The summed E-state index contributed by atoms with van der Waals surface area (Å²) in [7, 11) is 1.56. The molecule has 1 aliphatic heterocycles. The van der Waals surface area contributed by atoms with Crippen molar-refractivity contribution in [1.82, 2.24) is 15.1 Å². The second kappa shape index (κ2) is 6.17. The summed E-state index contributed by atoms with van der Waals surface area (Å²) < 4.78 is 0. The summed E-state index contributed by atoms with van der Waals surface area (Å²) in [6, 6.07) is 9.35. The Labute approximate surface area is 130 Å². The van der Waals surface area contributed by atoms with E-state index in [4.69, 9.17) is 0 Å². The lowest BCUT2D eigenvalue weighted by atomic mass is 10.1. The van der Waals surface area contributed by atoms with Crippen LogP contribution in [-0.2, 0) is 16.0 Å². The molecule has 1 aliphatic rings. The molecule has 0 bridgehead atoms. The fraction of sp³-hybridized carbons (Fsp3) is 0.438. The van der Waals surface area contributed by atoms with E-state index in [0.29, 0.717) is 13.0 Å². The molecule has 2 rings (SSSR count). The Bertz CT molecular complexity index is 584. The van der Waals surface area contributed by atoms with Gasteiger partial charge in [-0.1, -0.05) is 30.3 Å². The van der Waals surface area contributed by atoms with Crippen LogP contribution in [0.2, 0.25) is 0 Å². The van der Waals surface area contributed by atoms with Crippen molar-refractivity contribution < 1.29 is 14.4 Å². The average Bonchev–Trinajstić information content (AvgIpc) is 2.63. The molecule has 4 amide bonds. The number of amides is 4. The van der Waals surface area contributed by atoms with Crippen molar-refractivity contribution >= 4 is 17.8 Å². The predicted molar refractivity (Wildman–Crippen MR) is 82.1 cm³/mol. The number of urea groups is 1. The molecule has 22 heavy (non-hydrogen) atoms. The van der Waals surface area contributed by atoms with E-state index >= 15 is 0 Å². The van der Waals surface area contributed by atoms with Gasteiger partial charge >= 0.3 is 6.03 Å². The van der Waals surface area contributed by atoms with Crippen LogP contribution in [0, 0.1) is 0 Å². The lowest BCUT2D eigenvalue weighted by Gasteiger charge is -2.22. The van der Waals surface area contributed by atoms with Gasteiger partial charge in [-0.2, -0.15) is 0 Å². The van der Waals surface area contributed by atoms with Crippen LogP contribution in [0.15, 0.2) is 30.3 Å². The van der Waals surface area contributed by atoms with Gasteiger partial charge in [-0.3, -0.25) is 14.5 Å². The lowest BCUT2D eigenvalue weighted by Crippen LogP contribution is -2.43. The molecular formula is C16H21N3O3. The highest BCUT2D eigenvalue weighted by molar-refractivity contribution is 6.08. The van der Waals surface area contributed by atoms with E-state index in [1.807, 2.05) is 30.3 Å². The number of likely N-dealkylation sites (N-methyl/N-ethyl adjacent to an activating group) is 1. The molecule has 1 aromatic carbocycles. The molecule has 1 heterocycles. The van der Waals surface area contributed by atoms with Crippen molar-refractivity contribution in [2.45, 2.75) is 25.8 Å². The van der Waals surface area contributed by atoms with Crippen molar-refractivity contribution in [3.63, 3.8) is 0 Å². The largest absolute Gasteiger partial charge is 0.354 e. The van der Waals surface area contributed by atoms with E-state index in [2.05, 4.69) is 5.32 Å². The number of carbonyl (C=O) groups excluding carboxylic acids is 3. The van der Waals surface area contributed by atoms with Crippen LogP contribution in [0.25, 0.3) is 0 Å². The number of hydrogen-bond acceptors (Lipinski definition) is 3. The van der Waals surface area contributed by atoms with Gasteiger partial charge in [0.05, 0.1) is 0 Å². The molecule has 0 aliphatic carbocycles. The van der Waals surface area contributed by atoms with E-state index in [-0.39, 0.29) is 18.4 Å². The summed E-state index contributed by atoms with van der Waals surface area (Å²) in [5.41, 5.74) is 0.221. The zero-order chi connectivity index (χ0) is 16.3. The molecule has 1 saturated heterocycles. The first kappa shape index (κ1) is 16.0. The highest BCUT2D eigenvalue weighted by Gasteiger charge is 2.49. The van der Waals surface area contributed by atoms with Gasteiger partial charge in [0, 0.05) is 13.6 Å². The van der Waals surface area contributed by atoms with E-state index < -0.39 is 11.6 Å². The summed E-state index contributed by atoms with van der Waals surface area (Å²) >= 11 is 0. The van der Waals surface area contributed by atoms with Crippen LogP contribution >= 0.6 is 0 Å². The van der Waals surface area contributed by atoms with Crippen molar-refractivity contribution in [1.29, 1.82) is 0 Å². The van der Waals surface area contributed by atoms with E-state index in [1.165, 1.54) is 4.90 Å². The Morgan fingerprint density at radius 2 is 1.82 bits per heavy atom. The molecule has 0 spiro atoms. The summed E-state index contributed by atoms with van der Waals surface area (Å²) in [5.74, 6) is -0.679. The van der Waals surface area contributed by atoms with Crippen molar-refractivity contribution in [3.8, 4) is 0 Å². The zero-order valence-corrected chi connectivity index (χ0v) is 13.1. The number of imide groups is 1. The molecule has 0 atom stereocenters. The van der Waals surface area contributed by atoms with E-state index in [9.17, 15) is 14.4 Å². The molecule has 1 aromatic rings. The number of rotatable bonds is 5. The topological polar surface area (TPSA) is 69.7 Å². The van der Waals surface area contributed by atoms with Crippen LogP contribution in [0.3, 0.4) is 0 Å².